The lowest BCUT2D eigenvalue weighted by Gasteiger charge is -2.04. The molecule has 1 heterocycles. The van der Waals surface area contributed by atoms with Gasteiger partial charge in [0.25, 0.3) is 0 Å². The molecule has 0 spiro atoms. The summed E-state index contributed by atoms with van der Waals surface area (Å²) in [5.41, 5.74) is 2.27. The molecule has 4 heteroatoms. The van der Waals surface area contributed by atoms with E-state index in [1.54, 1.807) is 31.4 Å². The lowest BCUT2D eigenvalue weighted by Crippen LogP contribution is -2.02. The van der Waals surface area contributed by atoms with Crippen LogP contribution in [0.5, 0.6) is 5.75 Å². The maximum absolute atomic E-state index is 11.9. The Morgan fingerprint density at radius 1 is 1.14 bits per heavy atom. The van der Waals surface area contributed by atoms with E-state index >= 15 is 0 Å². The summed E-state index contributed by atoms with van der Waals surface area (Å²) in [6, 6.07) is 13.0. The largest absolute Gasteiger partial charge is 0.496 e. The van der Waals surface area contributed by atoms with E-state index in [0.29, 0.717) is 10.9 Å². The van der Waals surface area contributed by atoms with Crippen LogP contribution in [0.1, 0.15) is 17.0 Å². The molecule has 2 aromatic carbocycles. The van der Waals surface area contributed by atoms with Gasteiger partial charge >= 0.3 is 5.63 Å². The minimum absolute atomic E-state index is 0.289. The molecule has 0 amide bonds. The first kappa shape index (κ1) is 14.1. The number of hydrogen-bond acceptors (Lipinski definition) is 4. The highest BCUT2D eigenvalue weighted by Crippen LogP contribution is 2.19. The molecule has 0 bridgehead atoms. The Hall–Kier alpha value is -2.88. The van der Waals surface area contributed by atoms with E-state index in [4.69, 9.17) is 9.15 Å². The average molecular weight is 293 g/mol. The van der Waals surface area contributed by atoms with Crippen LogP contribution in [0.25, 0.3) is 23.1 Å². The summed E-state index contributed by atoms with van der Waals surface area (Å²) < 4.78 is 10.4. The molecule has 4 nitrogen and oxygen atoms in total. The van der Waals surface area contributed by atoms with Crippen molar-refractivity contribution in [1.29, 1.82) is 0 Å². The fourth-order valence-corrected chi connectivity index (χ4v) is 2.28. The molecule has 0 saturated heterocycles. The summed E-state index contributed by atoms with van der Waals surface area (Å²) in [6.45, 7) is 1.98. The first-order valence-corrected chi connectivity index (χ1v) is 6.90. The number of methoxy groups -OCH3 is 1. The lowest BCUT2D eigenvalue weighted by molar-refractivity contribution is 0.411. The zero-order valence-electron chi connectivity index (χ0n) is 12.4. The predicted molar refractivity (Wildman–Crippen MR) is 86.9 cm³/mol. The van der Waals surface area contributed by atoms with Gasteiger partial charge in [-0.3, -0.25) is 0 Å². The molecule has 0 aliphatic heterocycles. The minimum atomic E-state index is -0.379. The van der Waals surface area contributed by atoms with E-state index < -0.39 is 0 Å². The third-order valence-electron chi connectivity index (χ3n) is 3.39. The molecule has 1 aromatic heterocycles. The molecule has 0 saturated carbocycles. The van der Waals surface area contributed by atoms with Gasteiger partial charge in [0.05, 0.1) is 18.0 Å². The van der Waals surface area contributed by atoms with Gasteiger partial charge in [-0.05, 0) is 48.4 Å². The Morgan fingerprint density at radius 3 is 2.73 bits per heavy atom. The zero-order chi connectivity index (χ0) is 15.5. The molecule has 110 valence electrons. The van der Waals surface area contributed by atoms with Gasteiger partial charge in [0, 0.05) is 6.08 Å². The third kappa shape index (κ3) is 2.76. The summed E-state index contributed by atoms with van der Waals surface area (Å²) in [5, 5.41) is 0.486. The smallest absolute Gasteiger partial charge is 0.347 e. The number of fused-ring (bicyclic) bond motifs is 1. The van der Waals surface area contributed by atoms with Crippen LogP contribution >= 0.6 is 0 Å². The van der Waals surface area contributed by atoms with E-state index in [1.807, 2.05) is 37.3 Å². The van der Waals surface area contributed by atoms with Crippen molar-refractivity contribution in [2.75, 3.05) is 7.11 Å². The van der Waals surface area contributed by atoms with Crippen LogP contribution in [0.15, 0.2) is 51.7 Å². The van der Waals surface area contributed by atoms with E-state index in [1.165, 1.54) is 0 Å². The van der Waals surface area contributed by atoms with Crippen molar-refractivity contribution in [2.24, 2.45) is 0 Å². The minimum Gasteiger partial charge on any atom is -0.496 e. The van der Waals surface area contributed by atoms with E-state index in [9.17, 15) is 4.79 Å². The monoisotopic (exact) mass is 293 g/mol. The molecule has 0 aliphatic rings. The Kier molecular flexibility index (Phi) is 3.74. The number of para-hydroxylation sites is 1. The molecule has 3 aromatic rings. The quantitative estimate of drug-likeness (QED) is 0.739. The van der Waals surface area contributed by atoms with Gasteiger partial charge < -0.3 is 9.15 Å². The van der Waals surface area contributed by atoms with Crippen LogP contribution in [0, 0.1) is 6.92 Å². The first-order valence-electron chi connectivity index (χ1n) is 6.90. The highest BCUT2D eigenvalue weighted by atomic mass is 16.5. The molecule has 3 rings (SSSR count). The van der Waals surface area contributed by atoms with Crippen molar-refractivity contribution in [3.8, 4) is 5.75 Å². The van der Waals surface area contributed by atoms with Gasteiger partial charge in [-0.1, -0.05) is 18.2 Å². The SMILES string of the molecule is COc1ccc(C=Cc2nc3ccccc3c(=O)o2)cc1C. The molecule has 0 aliphatic carbocycles. The number of hydrogen-bond donors (Lipinski definition) is 0. The maximum Gasteiger partial charge on any atom is 0.347 e. The van der Waals surface area contributed by atoms with Gasteiger partial charge in [0.15, 0.2) is 0 Å². The second-order valence-corrected chi connectivity index (χ2v) is 4.92. The number of ether oxygens (including phenoxy) is 1. The van der Waals surface area contributed by atoms with Crippen LogP contribution < -0.4 is 10.4 Å². The lowest BCUT2D eigenvalue weighted by atomic mass is 10.1. The van der Waals surface area contributed by atoms with Crippen molar-refractivity contribution in [1.82, 2.24) is 4.98 Å². The standard InChI is InChI=1S/C18H15NO3/c1-12-11-13(7-9-16(12)21-2)8-10-17-19-15-6-4-3-5-14(15)18(20)22-17/h3-11H,1-2H3. The molecule has 0 atom stereocenters. The predicted octanol–water partition coefficient (Wildman–Crippen LogP) is 3.68. The number of nitrogens with zero attached hydrogens (tertiary/aromatic N) is 1. The number of aryl methyl sites for hydroxylation is 1. The average Bonchev–Trinajstić information content (AvgIpc) is 2.53. The summed E-state index contributed by atoms with van der Waals surface area (Å²) in [7, 11) is 1.64. The maximum atomic E-state index is 11.9. The van der Waals surface area contributed by atoms with Gasteiger partial charge in [0.2, 0.25) is 5.89 Å². The third-order valence-corrected chi connectivity index (χ3v) is 3.39. The van der Waals surface area contributed by atoms with Crippen molar-refractivity contribution >= 4 is 23.1 Å². The van der Waals surface area contributed by atoms with Crippen molar-refractivity contribution < 1.29 is 9.15 Å². The van der Waals surface area contributed by atoms with Crippen molar-refractivity contribution in [2.45, 2.75) is 6.92 Å². The molecule has 0 N–H and O–H groups in total. The number of aromatic nitrogens is 1. The summed E-state index contributed by atoms with van der Waals surface area (Å²) in [5.74, 6) is 1.13. The second-order valence-electron chi connectivity index (χ2n) is 4.92. The Balaban J connectivity index is 1.95. The normalized spacial score (nSPS) is 11.2. The van der Waals surface area contributed by atoms with Crippen LogP contribution in [0.4, 0.5) is 0 Å². The molecular formula is C18H15NO3. The van der Waals surface area contributed by atoms with Crippen molar-refractivity contribution in [3.63, 3.8) is 0 Å². The Bertz CT molecular complexity index is 910. The summed E-state index contributed by atoms with van der Waals surface area (Å²) >= 11 is 0. The van der Waals surface area contributed by atoms with Crippen LogP contribution in [0.2, 0.25) is 0 Å². The summed E-state index contributed by atoms with van der Waals surface area (Å²) in [6.07, 6.45) is 3.54. The van der Waals surface area contributed by atoms with Gasteiger partial charge in [-0.25, -0.2) is 9.78 Å². The van der Waals surface area contributed by atoms with Gasteiger partial charge in [-0.15, -0.1) is 0 Å². The molecular weight excluding hydrogens is 278 g/mol. The Morgan fingerprint density at radius 2 is 1.95 bits per heavy atom. The summed E-state index contributed by atoms with van der Waals surface area (Å²) in [4.78, 5) is 16.2. The topological polar surface area (TPSA) is 52.3 Å². The molecule has 0 fully saturated rings. The number of rotatable bonds is 3. The van der Waals surface area contributed by atoms with Crippen LogP contribution in [0.3, 0.4) is 0 Å². The molecule has 0 unspecified atom stereocenters. The Labute approximate surface area is 127 Å². The first-order chi connectivity index (χ1) is 10.7. The zero-order valence-corrected chi connectivity index (χ0v) is 12.4. The molecule has 0 radical (unpaired) electrons. The van der Waals surface area contributed by atoms with Gasteiger partial charge in [0.1, 0.15) is 5.75 Å². The van der Waals surface area contributed by atoms with Crippen LogP contribution in [-0.2, 0) is 0 Å². The second kappa shape index (κ2) is 5.85. The van der Waals surface area contributed by atoms with E-state index in [2.05, 4.69) is 4.98 Å². The van der Waals surface area contributed by atoms with E-state index in [-0.39, 0.29) is 11.5 Å². The van der Waals surface area contributed by atoms with E-state index in [0.717, 1.165) is 16.9 Å². The molecule has 22 heavy (non-hydrogen) atoms. The highest BCUT2D eigenvalue weighted by molar-refractivity contribution is 5.78. The van der Waals surface area contributed by atoms with Gasteiger partial charge in [-0.2, -0.15) is 0 Å². The fourth-order valence-electron chi connectivity index (χ4n) is 2.28. The fraction of sp³-hybridized carbons (Fsp3) is 0.111. The highest BCUT2D eigenvalue weighted by Gasteiger charge is 2.03. The van der Waals surface area contributed by atoms with Crippen LogP contribution in [-0.4, -0.2) is 12.1 Å². The number of benzene rings is 2. The van der Waals surface area contributed by atoms with Crippen molar-refractivity contribution in [3.05, 3.63) is 69.9 Å².